The zero-order valence-electron chi connectivity index (χ0n) is 16.5. The maximum Gasteiger partial charge on any atom is 0.233 e. The number of likely N-dealkylation sites (tertiary alicyclic amines) is 1. The van der Waals surface area contributed by atoms with E-state index in [4.69, 9.17) is 9.47 Å². The van der Waals surface area contributed by atoms with Crippen LogP contribution < -0.4 is 9.47 Å². The van der Waals surface area contributed by atoms with Gasteiger partial charge in [0.1, 0.15) is 13.2 Å². The van der Waals surface area contributed by atoms with Crippen LogP contribution in [0.1, 0.15) is 24.4 Å². The molecule has 7 heteroatoms. The Morgan fingerprint density at radius 3 is 2.83 bits per heavy atom. The fourth-order valence-corrected chi connectivity index (χ4v) is 4.77. The molecule has 1 saturated heterocycles. The molecule has 6 nitrogen and oxygen atoms in total. The number of carbonyl (C=O) groups is 1. The van der Waals surface area contributed by atoms with E-state index in [9.17, 15) is 4.79 Å². The van der Waals surface area contributed by atoms with Crippen LogP contribution in [0.15, 0.2) is 59.9 Å². The number of aromatic amines is 1. The predicted molar refractivity (Wildman–Crippen MR) is 116 cm³/mol. The number of ether oxygens (including phenoxy) is 2. The van der Waals surface area contributed by atoms with E-state index in [0.717, 1.165) is 52.9 Å². The van der Waals surface area contributed by atoms with Gasteiger partial charge in [-0.25, -0.2) is 4.98 Å². The van der Waals surface area contributed by atoms with Crippen LogP contribution in [0.3, 0.4) is 0 Å². The van der Waals surface area contributed by atoms with E-state index >= 15 is 0 Å². The van der Waals surface area contributed by atoms with Crippen molar-refractivity contribution in [1.29, 1.82) is 0 Å². The first-order chi connectivity index (χ1) is 14.8. The summed E-state index contributed by atoms with van der Waals surface area (Å²) in [5.41, 5.74) is 3.15. The second kappa shape index (κ2) is 8.44. The third-order valence-electron chi connectivity index (χ3n) is 5.49. The number of thioether (sulfide) groups is 1. The summed E-state index contributed by atoms with van der Waals surface area (Å²) in [6.07, 6.45) is 3.79. The highest BCUT2D eigenvalue weighted by Gasteiger charge is 2.30. The van der Waals surface area contributed by atoms with Gasteiger partial charge in [0.25, 0.3) is 0 Å². The molecule has 0 bridgehead atoms. The molecule has 154 valence electrons. The van der Waals surface area contributed by atoms with E-state index in [-0.39, 0.29) is 11.9 Å². The Bertz CT molecular complexity index is 1040. The molecule has 30 heavy (non-hydrogen) atoms. The van der Waals surface area contributed by atoms with Crippen molar-refractivity contribution >= 4 is 17.7 Å². The number of imidazole rings is 1. The molecule has 2 aliphatic rings. The van der Waals surface area contributed by atoms with Gasteiger partial charge in [0.05, 0.1) is 23.7 Å². The molecule has 1 aromatic heterocycles. The van der Waals surface area contributed by atoms with Crippen LogP contribution in [0.4, 0.5) is 0 Å². The molecular weight excluding hydrogens is 398 g/mol. The van der Waals surface area contributed by atoms with Gasteiger partial charge in [0.15, 0.2) is 16.7 Å². The molecule has 2 aliphatic heterocycles. The number of nitrogens with one attached hydrogen (secondary N) is 1. The monoisotopic (exact) mass is 421 g/mol. The molecule has 0 saturated carbocycles. The first kappa shape index (κ1) is 19.1. The number of rotatable bonds is 5. The van der Waals surface area contributed by atoms with Crippen molar-refractivity contribution in [3.63, 3.8) is 0 Å². The first-order valence-corrected chi connectivity index (χ1v) is 11.2. The van der Waals surface area contributed by atoms with Crippen LogP contribution in [-0.2, 0) is 4.79 Å². The average molecular weight is 422 g/mol. The van der Waals surface area contributed by atoms with E-state index in [1.807, 2.05) is 53.6 Å². The fraction of sp³-hybridized carbons (Fsp3) is 0.304. The van der Waals surface area contributed by atoms with Gasteiger partial charge in [-0.05, 0) is 36.1 Å². The van der Waals surface area contributed by atoms with Crippen LogP contribution in [0.2, 0.25) is 0 Å². The third-order valence-corrected chi connectivity index (χ3v) is 6.37. The van der Waals surface area contributed by atoms with Crippen LogP contribution in [0.5, 0.6) is 11.5 Å². The molecule has 2 aromatic carbocycles. The van der Waals surface area contributed by atoms with Gasteiger partial charge in [0, 0.05) is 6.54 Å². The molecule has 1 fully saturated rings. The number of amides is 1. The van der Waals surface area contributed by atoms with Gasteiger partial charge < -0.3 is 19.4 Å². The van der Waals surface area contributed by atoms with Crippen LogP contribution in [0.25, 0.3) is 11.3 Å². The molecule has 1 unspecified atom stereocenters. The van der Waals surface area contributed by atoms with E-state index in [1.54, 1.807) is 0 Å². The van der Waals surface area contributed by atoms with Crippen molar-refractivity contribution in [2.24, 2.45) is 0 Å². The molecule has 1 N–H and O–H groups in total. The number of fused-ring (bicyclic) bond motifs is 1. The lowest BCUT2D eigenvalue weighted by molar-refractivity contribution is -0.129. The molecule has 3 heterocycles. The summed E-state index contributed by atoms with van der Waals surface area (Å²) in [4.78, 5) is 22.7. The summed E-state index contributed by atoms with van der Waals surface area (Å²) >= 11 is 1.45. The molecular formula is C23H23N3O3S. The van der Waals surface area contributed by atoms with Crippen molar-refractivity contribution in [2.75, 3.05) is 25.5 Å². The maximum absolute atomic E-state index is 13.0. The van der Waals surface area contributed by atoms with Crippen molar-refractivity contribution in [3.8, 4) is 22.8 Å². The minimum atomic E-state index is 0.0883. The lowest BCUT2D eigenvalue weighted by Gasteiger charge is -2.26. The Labute approximate surface area is 179 Å². The van der Waals surface area contributed by atoms with Crippen molar-refractivity contribution in [1.82, 2.24) is 14.9 Å². The summed E-state index contributed by atoms with van der Waals surface area (Å²) in [5, 5.41) is 0.761. The zero-order chi connectivity index (χ0) is 20.3. The highest BCUT2D eigenvalue weighted by Crippen LogP contribution is 2.38. The summed E-state index contributed by atoms with van der Waals surface area (Å²) in [7, 11) is 0. The highest BCUT2D eigenvalue weighted by atomic mass is 32.2. The molecule has 5 rings (SSSR count). The number of nitrogens with zero attached hydrogens (tertiary/aromatic N) is 2. The molecule has 0 radical (unpaired) electrons. The SMILES string of the molecule is O=C(CSc1ncc(-c2ccccc2)[nH]1)N1CCCC1c1ccc2c(c1)OCCO2. The van der Waals surface area contributed by atoms with Gasteiger partial charge in [-0.3, -0.25) is 4.79 Å². The molecule has 1 amide bonds. The third kappa shape index (κ3) is 3.89. The number of H-pyrrole nitrogens is 1. The number of benzene rings is 2. The van der Waals surface area contributed by atoms with Gasteiger partial charge in [0.2, 0.25) is 5.91 Å². The molecule has 0 aliphatic carbocycles. The summed E-state index contributed by atoms with van der Waals surface area (Å²) in [6.45, 7) is 1.93. The predicted octanol–water partition coefficient (Wildman–Crippen LogP) is 4.30. The van der Waals surface area contributed by atoms with Gasteiger partial charge >= 0.3 is 0 Å². The van der Waals surface area contributed by atoms with Crippen molar-refractivity contribution < 1.29 is 14.3 Å². The summed E-state index contributed by atoms with van der Waals surface area (Å²) in [5.74, 6) is 2.05. The van der Waals surface area contributed by atoms with Crippen molar-refractivity contribution in [2.45, 2.75) is 24.0 Å². The Balaban J connectivity index is 1.24. The smallest absolute Gasteiger partial charge is 0.233 e. The van der Waals surface area contributed by atoms with Crippen LogP contribution in [0, 0.1) is 0 Å². The van der Waals surface area contributed by atoms with Crippen LogP contribution >= 0.6 is 11.8 Å². The second-order valence-corrected chi connectivity index (χ2v) is 8.37. The minimum Gasteiger partial charge on any atom is -0.486 e. The van der Waals surface area contributed by atoms with E-state index in [2.05, 4.69) is 16.0 Å². The molecule has 1 atom stereocenters. The topological polar surface area (TPSA) is 67.5 Å². The standard InChI is InChI=1S/C23H23N3O3S/c27-22(15-30-23-24-14-18(25-23)16-5-2-1-3-6-16)26-10-4-7-19(26)17-8-9-20-21(13-17)29-12-11-28-20/h1-3,5-6,8-9,13-14,19H,4,7,10-12,15H2,(H,24,25). The van der Waals surface area contributed by atoms with Gasteiger partial charge in [-0.15, -0.1) is 0 Å². The van der Waals surface area contributed by atoms with E-state index in [0.29, 0.717) is 19.0 Å². The van der Waals surface area contributed by atoms with Gasteiger partial charge in [-0.2, -0.15) is 0 Å². The van der Waals surface area contributed by atoms with Crippen molar-refractivity contribution in [3.05, 3.63) is 60.3 Å². The first-order valence-electron chi connectivity index (χ1n) is 10.2. The number of hydrogen-bond acceptors (Lipinski definition) is 5. The highest BCUT2D eigenvalue weighted by molar-refractivity contribution is 7.99. The quantitative estimate of drug-likeness (QED) is 0.622. The lowest BCUT2D eigenvalue weighted by Crippen LogP contribution is -2.32. The second-order valence-electron chi connectivity index (χ2n) is 7.40. The fourth-order valence-electron chi connectivity index (χ4n) is 4.03. The minimum absolute atomic E-state index is 0.0883. The van der Waals surface area contributed by atoms with Gasteiger partial charge in [-0.1, -0.05) is 48.2 Å². The molecule has 0 spiro atoms. The number of carbonyl (C=O) groups excluding carboxylic acids is 1. The number of aromatic nitrogens is 2. The Morgan fingerprint density at radius 1 is 1.13 bits per heavy atom. The molecule has 3 aromatic rings. The largest absolute Gasteiger partial charge is 0.486 e. The Morgan fingerprint density at radius 2 is 1.97 bits per heavy atom. The lowest BCUT2D eigenvalue weighted by atomic mass is 10.0. The van der Waals surface area contributed by atoms with Crippen LogP contribution in [-0.4, -0.2) is 46.3 Å². The summed E-state index contributed by atoms with van der Waals surface area (Å²) in [6, 6.07) is 16.2. The average Bonchev–Trinajstić information content (AvgIpc) is 3.48. The maximum atomic E-state index is 13.0. The Kier molecular flexibility index (Phi) is 5.36. The zero-order valence-corrected chi connectivity index (χ0v) is 17.4. The summed E-state index contributed by atoms with van der Waals surface area (Å²) < 4.78 is 11.3. The normalized spacial score (nSPS) is 17.9. The van der Waals surface area contributed by atoms with E-state index < -0.39 is 0 Å². The Hall–Kier alpha value is -2.93. The number of hydrogen-bond donors (Lipinski definition) is 1. The van der Waals surface area contributed by atoms with E-state index in [1.165, 1.54) is 11.8 Å².